The summed E-state index contributed by atoms with van der Waals surface area (Å²) in [5.74, 6) is 1.68. The van der Waals surface area contributed by atoms with Gasteiger partial charge in [0.05, 0.1) is 37.0 Å². The summed E-state index contributed by atoms with van der Waals surface area (Å²) in [7, 11) is 0. The number of hydrogen-bond donors (Lipinski definition) is 0. The van der Waals surface area contributed by atoms with Crippen LogP contribution in [0.25, 0.3) is 20.4 Å². The van der Waals surface area contributed by atoms with Crippen LogP contribution in [0.4, 0.5) is 5.82 Å². The number of fused-ring (bicyclic) bond motifs is 5. The van der Waals surface area contributed by atoms with Gasteiger partial charge in [0.25, 0.3) is 0 Å². The lowest BCUT2D eigenvalue weighted by Gasteiger charge is -2.36. The monoisotopic (exact) mass is 460 g/mol. The van der Waals surface area contributed by atoms with Crippen LogP contribution in [0.1, 0.15) is 38.8 Å². The highest BCUT2D eigenvalue weighted by Gasteiger charge is 2.33. The van der Waals surface area contributed by atoms with Crippen molar-refractivity contribution < 1.29 is 14.2 Å². The normalized spacial score (nSPS) is 18.7. The molecule has 9 heteroatoms. The van der Waals surface area contributed by atoms with Crippen molar-refractivity contribution in [2.45, 2.75) is 57.6 Å². The van der Waals surface area contributed by atoms with Gasteiger partial charge in [-0.1, -0.05) is 11.8 Å². The summed E-state index contributed by atoms with van der Waals surface area (Å²) in [6.45, 7) is 12.1. The fraction of sp³-hybridized carbons (Fsp3) is 0.591. The quantitative estimate of drug-likeness (QED) is 0.418. The highest BCUT2D eigenvalue weighted by molar-refractivity contribution is 7.98. The van der Waals surface area contributed by atoms with Crippen LogP contribution in [-0.2, 0) is 22.5 Å². The smallest absolute Gasteiger partial charge is 0.236 e. The number of thiophene rings is 1. The Hall–Kier alpha value is -1.68. The van der Waals surface area contributed by atoms with Gasteiger partial charge in [-0.3, -0.25) is 0 Å². The van der Waals surface area contributed by atoms with Crippen LogP contribution in [0.2, 0.25) is 0 Å². The Bertz CT molecular complexity index is 1140. The minimum absolute atomic E-state index is 0.0381. The van der Waals surface area contributed by atoms with E-state index >= 15 is 0 Å². The number of aromatic nitrogens is 3. The maximum Gasteiger partial charge on any atom is 0.236 e. The Balaban J connectivity index is 1.80. The topological polar surface area (TPSA) is 69.6 Å². The molecule has 5 heterocycles. The third-order valence-corrected chi connectivity index (χ3v) is 7.27. The number of nitrogens with zero attached hydrogens (tertiary/aromatic N) is 4. The summed E-state index contributed by atoms with van der Waals surface area (Å²) in [6, 6.07) is 0. The molecule has 0 radical (unpaired) electrons. The highest BCUT2D eigenvalue weighted by atomic mass is 32.2. The molecule has 2 aliphatic heterocycles. The predicted octanol–water partition coefficient (Wildman–Crippen LogP) is 4.44. The van der Waals surface area contributed by atoms with E-state index in [1.807, 2.05) is 20.1 Å². The average molecular weight is 461 g/mol. The molecule has 2 aliphatic rings. The Morgan fingerprint density at radius 1 is 1.13 bits per heavy atom. The molecule has 166 valence electrons. The summed E-state index contributed by atoms with van der Waals surface area (Å²) in [4.78, 5) is 18.1. The Labute approximate surface area is 190 Å². The van der Waals surface area contributed by atoms with E-state index in [4.69, 9.17) is 24.2 Å². The maximum absolute atomic E-state index is 6.23. The zero-order valence-corrected chi connectivity index (χ0v) is 20.3. The Kier molecular flexibility index (Phi) is 5.48. The van der Waals surface area contributed by atoms with E-state index in [2.05, 4.69) is 23.7 Å². The number of morpholine rings is 1. The van der Waals surface area contributed by atoms with Gasteiger partial charge >= 0.3 is 0 Å². The van der Waals surface area contributed by atoms with Crippen LogP contribution in [0.5, 0.6) is 5.88 Å². The van der Waals surface area contributed by atoms with E-state index in [1.165, 1.54) is 22.9 Å². The minimum Gasteiger partial charge on any atom is -0.474 e. The third kappa shape index (κ3) is 3.86. The van der Waals surface area contributed by atoms with Crippen molar-refractivity contribution in [3.63, 3.8) is 0 Å². The molecule has 5 rings (SSSR count). The second-order valence-electron chi connectivity index (χ2n) is 8.86. The van der Waals surface area contributed by atoms with Crippen molar-refractivity contribution >= 4 is 49.3 Å². The van der Waals surface area contributed by atoms with Crippen LogP contribution in [0.15, 0.2) is 5.16 Å². The van der Waals surface area contributed by atoms with E-state index in [0.29, 0.717) is 12.5 Å². The van der Waals surface area contributed by atoms with Crippen LogP contribution in [-0.4, -0.2) is 59.2 Å². The first-order chi connectivity index (χ1) is 14.9. The van der Waals surface area contributed by atoms with Crippen molar-refractivity contribution in [1.82, 2.24) is 15.0 Å². The zero-order valence-electron chi connectivity index (χ0n) is 18.7. The minimum atomic E-state index is -0.232. The number of ether oxygens (including phenoxy) is 3. The lowest BCUT2D eigenvalue weighted by molar-refractivity contribution is -0.0396. The van der Waals surface area contributed by atoms with Crippen molar-refractivity contribution in [3.8, 4) is 5.88 Å². The maximum atomic E-state index is 6.23. The molecular weight excluding hydrogens is 432 g/mol. The highest BCUT2D eigenvalue weighted by Crippen LogP contribution is 2.45. The van der Waals surface area contributed by atoms with Gasteiger partial charge in [-0.15, -0.1) is 11.3 Å². The predicted molar refractivity (Wildman–Crippen MR) is 126 cm³/mol. The van der Waals surface area contributed by atoms with E-state index < -0.39 is 0 Å². The SMILES string of the molecule is CSc1nc(OC(C)C)c2sc3nc(N4CCOCC4)c4c(c3c2n1)CC(C)(C)OC4. The number of anilines is 1. The Morgan fingerprint density at radius 2 is 1.90 bits per heavy atom. The molecule has 0 bridgehead atoms. The molecule has 3 aromatic rings. The molecule has 0 aliphatic carbocycles. The average Bonchev–Trinajstić information content (AvgIpc) is 3.11. The van der Waals surface area contributed by atoms with E-state index in [9.17, 15) is 0 Å². The molecule has 0 saturated carbocycles. The summed E-state index contributed by atoms with van der Waals surface area (Å²) in [5.41, 5.74) is 3.20. The Morgan fingerprint density at radius 3 is 2.61 bits per heavy atom. The van der Waals surface area contributed by atoms with Gasteiger partial charge in [0.2, 0.25) is 5.88 Å². The molecule has 31 heavy (non-hydrogen) atoms. The molecular formula is C22H28N4O3S2. The number of pyridine rings is 1. The number of hydrogen-bond acceptors (Lipinski definition) is 9. The third-order valence-electron chi connectivity index (χ3n) is 5.66. The molecule has 0 unspecified atom stereocenters. The standard InChI is InChI=1S/C22H28N4O3S2/c1-12(2)29-19-17-16(23-21(25-19)30-5)15-13-10-22(3,4)28-11-14(13)18(24-20(15)31-17)26-6-8-27-9-7-26/h12H,6-11H2,1-5H3. The van der Waals surface area contributed by atoms with Crippen molar-refractivity contribution in [1.29, 1.82) is 0 Å². The number of rotatable bonds is 4. The second-order valence-corrected chi connectivity index (χ2v) is 10.6. The van der Waals surface area contributed by atoms with Gasteiger partial charge in [-0.25, -0.2) is 9.97 Å². The summed E-state index contributed by atoms with van der Waals surface area (Å²) in [6.07, 6.45) is 2.86. The molecule has 1 fully saturated rings. The molecule has 7 nitrogen and oxygen atoms in total. The van der Waals surface area contributed by atoms with Crippen LogP contribution in [0.3, 0.4) is 0 Å². The van der Waals surface area contributed by atoms with Gasteiger partial charge in [-0.2, -0.15) is 4.98 Å². The van der Waals surface area contributed by atoms with Gasteiger partial charge < -0.3 is 19.1 Å². The van der Waals surface area contributed by atoms with Crippen LogP contribution < -0.4 is 9.64 Å². The van der Waals surface area contributed by atoms with Gasteiger partial charge in [0.15, 0.2) is 5.16 Å². The van der Waals surface area contributed by atoms with Crippen LogP contribution in [0, 0.1) is 0 Å². The van der Waals surface area contributed by atoms with Crippen molar-refractivity contribution in [3.05, 3.63) is 11.1 Å². The molecule has 0 atom stereocenters. The molecule has 0 aromatic carbocycles. The lowest BCUT2D eigenvalue weighted by Crippen LogP contribution is -2.39. The fourth-order valence-corrected chi connectivity index (χ4v) is 5.67. The number of thioether (sulfide) groups is 1. The van der Waals surface area contributed by atoms with E-state index in [1.54, 1.807) is 11.3 Å². The summed E-state index contributed by atoms with van der Waals surface area (Å²) < 4.78 is 18.9. The van der Waals surface area contributed by atoms with Gasteiger partial charge in [0.1, 0.15) is 15.3 Å². The summed E-state index contributed by atoms with van der Waals surface area (Å²) in [5, 5.41) is 1.86. The molecule has 3 aromatic heterocycles. The first kappa shape index (κ1) is 21.2. The second kappa shape index (κ2) is 8.03. The first-order valence-electron chi connectivity index (χ1n) is 10.7. The molecule has 0 N–H and O–H groups in total. The van der Waals surface area contributed by atoms with Gasteiger partial charge in [-0.05, 0) is 39.5 Å². The lowest BCUT2D eigenvalue weighted by atomic mass is 9.90. The molecule has 0 amide bonds. The zero-order chi connectivity index (χ0) is 21.8. The largest absolute Gasteiger partial charge is 0.474 e. The van der Waals surface area contributed by atoms with Crippen molar-refractivity contribution in [2.75, 3.05) is 37.5 Å². The van der Waals surface area contributed by atoms with Crippen molar-refractivity contribution in [2.24, 2.45) is 0 Å². The molecule has 0 spiro atoms. The molecule has 1 saturated heterocycles. The summed E-state index contributed by atoms with van der Waals surface area (Å²) >= 11 is 3.17. The van der Waals surface area contributed by atoms with Gasteiger partial charge in [0, 0.05) is 30.5 Å². The van der Waals surface area contributed by atoms with Crippen LogP contribution >= 0.6 is 23.1 Å². The first-order valence-corrected chi connectivity index (χ1v) is 12.7. The van der Waals surface area contributed by atoms with E-state index in [0.717, 1.165) is 64.1 Å². The fourth-order valence-electron chi connectivity index (χ4n) is 4.24. The van der Waals surface area contributed by atoms with E-state index in [-0.39, 0.29) is 11.7 Å².